The van der Waals surface area contributed by atoms with Gasteiger partial charge >= 0.3 is 0 Å². The third-order valence-corrected chi connectivity index (χ3v) is 3.21. The zero-order valence-corrected chi connectivity index (χ0v) is 11.8. The van der Waals surface area contributed by atoms with Gasteiger partial charge in [0.05, 0.1) is 11.4 Å². The second kappa shape index (κ2) is 6.15. The number of hydrogen-bond donors (Lipinski definition) is 1. The number of aryl methyl sites for hydroxylation is 1. The lowest BCUT2D eigenvalue weighted by molar-refractivity contribution is 0.334. The van der Waals surface area contributed by atoms with Gasteiger partial charge in [-0.2, -0.15) is 0 Å². The van der Waals surface area contributed by atoms with Crippen molar-refractivity contribution in [2.75, 3.05) is 18.6 Å². The van der Waals surface area contributed by atoms with Crippen molar-refractivity contribution >= 4 is 9.84 Å². The standard InChI is InChI=1S/C12H20N2O3S/c1-9(13)8-11-12(5-4-10(2)14-11)17-6-7-18(3,15)16/h4-5,9H,6-8,13H2,1-3H3. The summed E-state index contributed by atoms with van der Waals surface area (Å²) in [6, 6.07) is 3.62. The average molecular weight is 272 g/mol. The molecule has 0 aliphatic carbocycles. The lowest BCUT2D eigenvalue weighted by Crippen LogP contribution is -2.20. The molecule has 1 aromatic heterocycles. The van der Waals surface area contributed by atoms with E-state index in [0.29, 0.717) is 12.2 Å². The predicted molar refractivity (Wildman–Crippen MR) is 71.5 cm³/mol. The van der Waals surface area contributed by atoms with Gasteiger partial charge in [-0.1, -0.05) is 0 Å². The number of nitrogens with zero attached hydrogens (tertiary/aromatic N) is 1. The maximum absolute atomic E-state index is 11.0. The quantitative estimate of drug-likeness (QED) is 0.824. The Kier molecular flexibility index (Phi) is 5.10. The first-order valence-electron chi connectivity index (χ1n) is 5.80. The molecular formula is C12H20N2O3S. The van der Waals surface area contributed by atoms with Gasteiger partial charge in [0.15, 0.2) is 9.84 Å². The number of rotatable bonds is 6. The number of hydrogen-bond acceptors (Lipinski definition) is 5. The molecule has 0 aromatic carbocycles. The molecule has 0 saturated carbocycles. The highest BCUT2D eigenvalue weighted by molar-refractivity contribution is 7.90. The number of nitrogens with two attached hydrogens (primary N) is 1. The van der Waals surface area contributed by atoms with E-state index >= 15 is 0 Å². The van der Waals surface area contributed by atoms with E-state index in [9.17, 15) is 8.42 Å². The second-order valence-corrected chi connectivity index (χ2v) is 6.82. The summed E-state index contributed by atoms with van der Waals surface area (Å²) in [5.74, 6) is 0.611. The van der Waals surface area contributed by atoms with Crippen LogP contribution < -0.4 is 10.5 Å². The molecule has 1 atom stereocenters. The Morgan fingerprint density at radius 1 is 1.44 bits per heavy atom. The van der Waals surface area contributed by atoms with Gasteiger partial charge in [0.2, 0.25) is 0 Å². The van der Waals surface area contributed by atoms with Crippen molar-refractivity contribution in [3.8, 4) is 5.75 Å². The van der Waals surface area contributed by atoms with Crippen LogP contribution in [0.5, 0.6) is 5.75 Å². The van der Waals surface area contributed by atoms with Gasteiger partial charge < -0.3 is 10.5 Å². The molecule has 102 valence electrons. The lowest BCUT2D eigenvalue weighted by Gasteiger charge is -2.12. The number of pyridine rings is 1. The van der Waals surface area contributed by atoms with Crippen LogP contribution in [-0.2, 0) is 16.3 Å². The first-order valence-corrected chi connectivity index (χ1v) is 7.86. The van der Waals surface area contributed by atoms with Gasteiger partial charge in [-0.15, -0.1) is 0 Å². The molecule has 0 radical (unpaired) electrons. The molecule has 0 spiro atoms. The zero-order valence-electron chi connectivity index (χ0n) is 11.0. The highest BCUT2D eigenvalue weighted by Crippen LogP contribution is 2.18. The minimum Gasteiger partial charge on any atom is -0.491 e. The van der Waals surface area contributed by atoms with Crippen molar-refractivity contribution in [3.05, 3.63) is 23.5 Å². The number of ether oxygens (including phenoxy) is 1. The fourth-order valence-corrected chi connectivity index (χ4v) is 1.87. The monoisotopic (exact) mass is 272 g/mol. The van der Waals surface area contributed by atoms with Crippen molar-refractivity contribution in [2.45, 2.75) is 26.3 Å². The summed E-state index contributed by atoms with van der Waals surface area (Å²) in [7, 11) is -3.01. The molecule has 1 rings (SSSR count). The SMILES string of the molecule is Cc1ccc(OCCS(C)(=O)=O)c(CC(C)N)n1. The number of aromatic nitrogens is 1. The zero-order chi connectivity index (χ0) is 13.8. The van der Waals surface area contributed by atoms with E-state index < -0.39 is 9.84 Å². The van der Waals surface area contributed by atoms with E-state index in [0.717, 1.165) is 11.4 Å². The summed E-state index contributed by atoms with van der Waals surface area (Å²) >= 11 is 0. The molecule has 18 heavy (non-hydrogen) atoms. The molecule has 0 saturated heterocycles. The maximum atomic E-state index is 11.0. The third-order valence-electron chi connectivity index (χ3n) is 2.30. The molecule has 1 unspecified atom stereocenters. The van der Waals surface area contributed by atoms with Crippen molar-refractivity contribution in [3.63, 3.8) is 0 Å². The van der Waals surface area contributed by atoms with Crippen LogP contribution in [0.1, 0.15) is 18.3 Å². The van der Waals surface area contributed by atoms with Crippen LogP contribution in [0.3, 0.4) is 0 Å². The largest absolute Gasteiger partial charge is 0.491 e. The van der Waals surface area contributed by atoms with Crippen molar-refractivity contribution in [1.29, 1.82) is 0 Å². The van der Waals surface area contributed by atoms with E-state index in [1.165, 1.54) is 6.26 Å². The van der Waals surface area contributed by atoms with Crippen LogP contribution in [0, 0.1) is 6.92 Å². The topological polar surface area (TPSA) is 82.3 Å². The third kappa shape index (κ3) is 5.46. The molecule has 1 aromatic rings. The Morgan fingerprint density at radius 3 is 2.67 bits per heavy atom. The van der Waals surface area contributed by atoms with Crippen LogP contribution in [-0.4, -0.2) is 38.1 Å². The summed E-state index contributed by atoms with van der Waals surface area (Å²) in [5.41, 5.74) is 7.42. The van der Waals surface area contributed by atoms with Crippen LogP contribution in [0.4, 0.5) is 0 Å². The van der Waals surface area contributed by atoms with Crippen LogP contribution >= 0.6 is 0 Å². The molecule has 1 heterocycles. The van der Waals surface area contributed by atoms with E-state index in [4.69, 9.17) is 10.5 Å². The predicted octanol–water partition coefficient (Wildman–Crippen LogP) is 0.703. The fraction of sp³-hybridized carbons (Fsp3) is 0.583. The molecule has 0 amide bonds. The molecule has 0 bridgehead atoms. The van der Waals surface area contributed by atoms with Gasteiger partial charge in [0, 0.05) is 24.4 Å². The van der Waals surface area contributed by atoms with E-state index in [-0.39, 0.29) is 18.4 Å². The van der Waals surface area contributed by atoms with Gasteiger partial charge in [0.25, 0.3) is 0 Å². The van der Waals surface area contributed by atoms with Crippen LogP contribution in [0.2, 0.25) is 0 Å². The normalized spacial score (nSPS) is 13.3. The molecule has 5 nitrogen and oxygen atoms in total. The van der Waals surface area contributed by atoms with E-state index in [2.05, 4.69) is 4.98 Å². The Bertz CT molecular complexity index is 498. The Balaban J connectivity index is 2.75. The highest BCUT2D eigenvalue weighted by Gasteiger charge is 2.09. The number of sulfone groups is 1. The summed E-state index contributed by atoms with van der Waals surface area (Å²) < 4.78 is 27.5. The van der Waals surface area contributed by atoms with Crippen molar-refractivity contribution in [1.82, 2.24) is 4.98 Å². The minimum absolute atomic E-state index is 0.00149. The lowest BCUT2D eigenvalue weighted by atomic mass is 10.1. The summed E-state index contributed by atoms with van der Waals surface area (Å²) in [4.78, 5) is 4.37. The first-order chi connectivity index (χ1) is 8.28. The van der Waals surface area contributed by atoms with E-state index in [1.54, 1.807) is 0 Å². The van der Waals surface area contributed by atoms with Crippen LogP contribution in [0.15, 0.2) is 12.1 Å². The average Bonchev–Trinajstić information content (AvgIpc) is 2.18. The minimum atomic E-state index is -3.01. The second-order valence-electron chi connectivity index (χ2n) is 4.56. The van der Waals surface area contributed by atoms with Crippen molar-refractivity contribution < 1.29 is 13.2 Å². The molecule has 6 heteroatoms. The molecular weight excluding hydrogens is 252 g/mol. The van der Waals surface area contributed by atoms with E-state index in [1.807, 2.05) is 26.0 Å². The van der Waals surface area contributed by atoms with Gasteiger partial charge in [0.1, 0.15) is 12.4 Å². The molecule has 0 fully saturated rings. The smallest absolute Gasteiger partial charge is 0.150 e. The summed E-state index contributed by atoms with van der Waals surface area (Å²) in [6.07, 6.45) is 1.79. The summed E-state index contributed by atoms with van der Waals surface area (Å²) in [6.45, 7) is 3.92. The fourth-order valence-electron chi connectivity index (χ4n) is 1.48. The highest BCUT2D eigenvalue weighted by atomic mass is 32.2. The maximum Gasteiger partial charge on any atom is 0.150 e. The first kappa shape index (κ1) is 14.9. The molecule has 2 N–H and O–H groups in total. The van der Waals surface area contributed by atoms with Crippen molar-refractivity contribution in [2.24, 2.45) is 5.73 Å². The summed E-state index contributed by atoms with van der Waals surface area (Å²) in [5, 5.41) is 0. The van der Waals surface area contributed by atoms with Crippen LogP contribution in [0.25, 0.3) is 0 Å². The Hall–Kier alpha value is -1.14. The molecule has 0 aliphatic heterocycles. The van der Waals surface area contributed by atoms with Gasteiger partial charge in [-0.05, 0) is 26.0 Å². The Labute approximate surface area is 108 Å². The van der Waals surface area contributed by atoms with Gasteiger partial charge in [-0.3, -0.25) is 4.98 Å². The molecule has 0 aliphatic rings. The van der Waals surface area contributed by atoms with Gasteiger partial charge in [-0.25, -0.2) is 8.42 Å². The Morgan fingerprint density at radius 2 is 2.11 bits per heavy atom.